The molecule has 8 nitrogen and oxygen atoms in total. The fourth-order valence-electron chi connectivity index (χ4n) is 2.85. The molecule has 1 saturated heterocycles. The zero-order chi connectivity index (χ0) is 17.6. The predicted octanol–water partition coefficient (Wildman–Crippen LogP) is 0.806. The van der Waals surface area contributed by atoms with Crippen molar-refractivity contribution in [3.8, 4) is 0 Å². The van der Waals surface area contributed by atoms with Crippen LogP contribution < -0.4 is 10.2 Å². The molecule has 0 atom stereocenters. The van der Waals surface area contributed by atoms with E-state index in [4.69, 9.17) is 4.99 Å². The number of aromatic nitrogens is 4. The molecular weight excluding hydrogens is 316 g/mol. The summed E-state index contributed by atoms with van der Waals surface area (Å²) in [6, 6.07) is 6.04. The van der Waals surface area contributed by atoms with Crippen LogP contribution >= 0.6 is 0 Å². The van der Waals surface area contributed by atoms with Crippen LogP contribution in [0.5, 0.6) is 0 Å². The summed E-state index contributed by atoms with van der Waals surface area (Å²) in [5.74, 6) is 3.75. The molecule has 1 fully saturated rings. The molecule has 0 aromatic carbocycles. The fourth-order valence-corrected chi connectivity index (χ4v) is 2.85. The van der Waals surface area contributed by atoms with E-state index in [0.717, 1.165) is 56.2 Å². The van der Waals surface area contributed by atoms with E-state index in [1.165, 1.54) is 0 Å². The second kappa shape index (κ2) is 7.96. The summed E-state index contributed by atoms with van der Waals surface area (Å²) in [6.45, 7) is 9.11. The Morgan fingerprint density at radius 2 is 2.00 bits per heavy atom. The molecule has 0 amide bonds. The van der Waals surface area contributed by atoms with Crippen LogP contribution in [0.15, 0.2) is 29.4 Å². The van der Waals surface area contributed by atoms with E-state index in [9.17, 15) is 0 Å². The lowest BCUT2D eigenvalue weighted by Crippen LogP contribution is -2.52. The predicted molar refractivity (Wildman–Crippen MR) is 98.6 cm³/mol. The van der Waals surface area contributed by atoms with Gasteiger partial charge >= 0.3 is 0 Å². The van der Waals surface area contributed by atoms with Crippen molar-refractivity contribution in [3.05, 3.63) is 36.0 Å². The van der Waals surface area contributed by atoms with Crippen molar-refractivity contribution in [2.24, 2.45) is 12.0 Å². The Bertz CT molecular complexity index is 701. The van der Waals surface area contributed by atoms with E-state index < -0.39 is 0 Å². The number of anilines is 1. The number of nitrogens with one attached hydrogen (secondary N) is 1. The smallest absolute Gasteiger partial charge is 0.194 e. The monoisotopic (exact) mass is 342 g/mol. The van der Waals surface area contributed by atoms with Crippen molar-refractivity contribution in [3.63, 3.8) is 0 Å². The first-order chi connectivity index (χ1) is 12.2. The third-order valence-electron chi connectivity index (χ3n) is 4.44. The summed E-state index contributed by atoms with van der Waals surface area (Å²) >= 11 is 0. The molecule has 25 heavy (non-hydrogen) atoms. The van der Waals surface area contributed by atoms with E-state index in [2.05, 4.69) is 43.3 Å². The van der Waals surface area contributed by atoms with Gasteiger partial charge in [0, 0.05) is 46.0 Å². The van der Waals surface area contributed by atoms with Gasteiger partial charge in [-0.25, -0.2) is 9.98 Å². The number of aryl methyl sites for hydroxylation is 1. The van der Waals surface area contributed by atoms with E-state index in [-0.39, 0.29) is 0 Å². The second-order valence-electron chi connectivity index (χ2n) is 6.05. The molecule has 0 unspecified atom stereocenters. The maximum Gasteiger partial charge on any atom is 0.194 e. The largest absolute Gasteiger partial charge is 0.357 e. The Labute approximate surface area is 148 Å². The minimum absolute atomic E-state index is 0.528. The van der Waals surface area contributed by atoms with Crippen LogP contribution in [0.3, 0.4) is 0 Å². The van der Waals surface area contributed by atoms with Gasteiger partial charge in [0.05, 0.1) is 0 Å². The summed E-state index contributed by atoms with van der Waals surface area (Å²) in [4.78, 5) is 13.8. The Morgan fingerprint density at radius 1 is 1.20 bits per heavy atom. The second-order valence-corrected chi connectivity index (χ2v) is 6.05. The number of hydrogen-bond donors (Lipinski definition) is 1. The molecule has 1 N–H and O–H groups in total. The normalized spacial score (nSPS) is 15.6. The van der Waals surface area contributed by atoms with Crippen molar-refractivity contribution in [1.82, 2.24) is 30.0 Å². The number of nitrogens with zero attached hydrogens (tertiary/aromatic N) is 7. The lowest BCUT2D eigenvalue weighted by atomic mass is 10.3. The third kappa shape index (κ3) is 4.07. The highest BCUT2D eigenvalue weighted by Gasteiger charge is 2.20. The van der Waals surface area contributed by atoms with Gasteiger partial charge in [-0.2, -0.15) is 0 Å². The molecule has 3 heterocycles. The summed E-state index contributed by atoms with van der Waals surface area (Å²) in [5.41, 5.74) is 0. The minimum Gasteiger partial charge on any atom is -0.357 e. The topological polar surface area (TPSA) is 74.5 Å². The van der Waals surface area contributed by atoms with Gasteiger partial charge in [0.15, 0.2) is 11.8 Å². The van der Waals surface area contributed by atoms with Crippen molar-refractivity contribution in [2.75, 3.05) is 37.6 Å². The quantitative estimate of drug-likeness (QED) is 0.655. The summed E-state index contributed by atoms with van der Waals surface area (Å²) in [6.07, 6.45) is 1.84. The van der Waals surface area contributed by atoms with Crippen molar-refractivity contribution < 1.29 is 0 Å². The van der Waals surface area contributed by atoms with Crippen LogP contribution in [0.4, 0.5) is 5.82 Å². The number of pyridine rings is 1. The number of guanidine groups is 1. The van der Waals surface area contributed by atoms with Gasteiger partial charge in [-0.1, -0.05) is 6.07 Å². The average molecular weight is 342 g/mol. The van der Waals surface area contributed by atoms with Gasteiger partial charge in [0.25, 0.3) is 0 Å². The standard InChI is InChI=1S/C17H26N8/c1-4-18-17(20-13-16-22-21-14(2)23(16)3)25-11-9-24(10-12-25)15-7-5-6-8-19-15/h5-8H,4,9-13H2,1-3H3,(H,18,20). The zero-order valence-electron chi connectivity index (χ0n) is 15.2. The van der Waals surface area contributed by atoms with Gasteiger partial charge < -0.3 is 19.7 Å². The molecule has 3 rings (SSSR count). The van der Waals surface area contributed by atoms with E-state index in [1.807, 2.05) is 36.9 Å². The number of rotatable bonds is 4. The maximum absolute atomic E-state index is 4.75. The number of piperazine rings is 1. The first-order valence-corrected chi connectivity index (χ1v) is 8.73. The molecule has 0 spiro atoms. The number of aliphatic imine (C=N–C) groups is 1. The summed E-state index contributed by atoms with van der Waals surface area (Å²) in [5, 5.41) is 11.7. The van der Waals surface area contributed by atoms with Crippen LogP contribution in [-0.4, -0.2) is 63.3 Å². The molecule has 0 bridgehead atoms. The first kappa shape index (κ1) is 17.2. The molecule has 8 heteroatoms. The minimum atomic E-state index is 0.528. The highest BCUT2D eigenvalue weighted by molar-refractivity contribution is 5.80. The third-order valence-corrected chi connectivity index (χ3v) is 4.44. The van der Waals surface area contributed by atoms with Gasteiger partial charge in [-0.05, 0) is 26.0 Å². The fraction of sp³-hybridized carbons (Fsp3) is 0.529. The molecule has 2 aromatic rings. The number of hydrogen-bond acceptors (Lipinski definition) is 5. The van der Waals surface area contributed by atoms with E-state index in [0.29, 0.717) is 6.54 Å². The molecular formula is C17H26N8. The Balaban J connectivity index is 1.63. The van der Waals surface area contributed by atoms with Gasteiger partial charge in [-0.15, -0.1) is 10.2 Å². The maximum atomic E-state index is 4.75. The van der Waals surface area contributed by atoms with Gasteiger partial charge in [-0.3, -0.25) is 0 Å². The van der Waals surface area contributed by atoms with Gasteiger partial charge in [0.1, 0.15) is 18.2 Å². The highest BCUT2D eigenvalue weighted by atomic mass is 15.4. The van der Waals surface area contributed by atoms with Crippen LogP contribution in [0.25, 0.3) is 0 Å². The zero-order valence-corrected chi connectivity index (χ0v) is 15.2. The van der Waals surface area contributed by atoms with Crippen LogP contribution in [0, 0.1) is 6.92 Å². The van der Waals surface area contributed by atoms with E-state index >= 15 is 0 Å². The van der Waals surface area contributed by atoms with Gasteiger partial charge in [0.2, 0.25) is 0 Å². The molecule has 0 saturated carbocycles. The molecule has 2 aromatic heterocycles. The highest BCUT2D eigenvalue weighted by Crippen LogP contribution is 2.12. The first-order valence-electron chi connectivity index (χ1n) is 8.73. The SMILES string of the molecule is CCNC(=NCc1nnc(C)n1C)N1CCN(c2ccccn2)CC1. The summed E-state index contributed by atoms with van der Waals surface area (Å²) in [7, 11) is 1.97. The van der Waals surface area contributed by atoms with Crippen LogP contribution in [0.1, 0.15) is 18.6 Å². The summed E-state index contributed by atoms with van der Waals surface area (Å²) < 4.78 is 1.98. The van der Waals surface area contributed by atoms with Crippen molar-refractivity contribution in [2.45, 2.75) is 20.4 Å². The Kier molecular flexibility index (Phi) is 5.47. The molecule has 134 valence electrons. The lowest BCUT2D eigenvalue weighted by Gasteiger charge is -2.37. The average Bonchev–Trinajstić information content (AvgIpc) is 2.98. The molecule has 1 aliphatic rings. The molecule has 0 aliphatic carbocycles. The Morgan fingerprint density at radius 3 is 2.60 bits per heavy atom. The lowest BCUT2D eigenvalue weighted by molar-refractivity contribution is 0.371. The molecule has 0 radical (unpaired) electrons. The van der Waals surface area contributed by atoms with Crippen molar-refractivity contribution >= 4 is 11.8 Å². The Hall–Kier alpha value is -2.64. The van der Waals surface area contributed by atoms with Crippen LogP contribution in [-0.2, 0) is 13.6 Å². The van der Waals surface area contributed by atoms with Crippen LogP contribution in [0.2, 0.25) is 0 Å². The molecule has 1 aliphatic heterocycles. The van der Waals surface area contributed by atoms with E-state index in [1.54, 1.807) is 0 Å². The van der Waals surface area contributed by atoms with Crippen molar-refractivity contribution in [1.29, 1.82) is 0 Å².